The van der Waals surface area contributed by atoms with Gasteiger partial charge in [0.1, 0.15) is 5.82 Å². The van der Waals surface area contributed by atoms with E-state index in [0.29, 0.717) is 11.5 Å². The molecule has 7 nitrogen and oxygen atoms in total. The molecule has 0 bridgehead atoms. The first-order valence-electron chi connectivity index (χ1n) is 4.47. The largest absolute Gasteiger partial charge is 0.397 e. The summed E-state index contributed by atoms with van der Waals surface area (Å²) in [4.78, 5) is 4.11. The molecule has 0 fully saturated rings. The second-order valence-corrected chi connectivity index (χ2v) is 3.11. The number of hydrogen-bond acceptors (Lipinski definition) is 6. The van der Waals surface area contributed by atoms with Crippen molar-refractivity contribution in [1.29, 1.82) is 0 Å². The van der Waals surface area contributed by atoms with Crippen molar-refractivity contribution in [2.45, 2.75) is 13.0 Å². The van der Waals surface area contributed by atoms with Crippen LogP contribution in [-0.2, 0) is 0 Å². The Hall–Kier alpha value is -2.18. The van der Waals surface area contributed by atoms with Crippen molar-refractivity contribution in [3.63, 3.8) is 0 Å². The van der Waals surface area contributed by atoms with Gasteiger partial charge in [-0.1, -0.05) is 5.21 Å². The summed E-state index contributed by atoms with van der Waals surface area (Å²) in [5.41, 5.74) is 6.15. The monoisotopic (exact) mass is 205 g/mol. The summed E-state index contributed by atoms with van der Waals surface area (Å²) in [5.74, 6) is 1.31. The lowest BCUT2D eigenvalue weighted by Crippen LogP contribution is -2.09. The molecular formula is C8H11N7. The first-order valence-corrected chi connectivity index (χ1v) is 4.47. The molecule has 0 radical (unpaired) electrons. The van der Waals surface area contributed by atoms with Gasteiger partial charge >= 0.3 is 0 Å². The van der Waals surface area contributed by atoms with Crippen molar-refractivity contribution in [2.75, 3.05) is 11.1 Å². The zero-order chi connectivity index (χ0) is 10.7. The van der Waals surface area contributed by atoms with Gasteiger partial charge in [-0.05, 0) is 19.1 Å². The van der Waals surface area contributed by atoms with Gasteiger partial charge in [-0.3, -0.25) is 0 Å². The third kappa shape index (κ3) is 2.19. The average Bonchev–Trinajstić information content (AvgIpc) is 2.74. The minimum absolute atomic E-state index is 0.0557. The maximum absolute atomic E-state index is 5.52. The smallest absolute Gasteiger partial charge is 0.196 e. The molecule has 4 N–H and O–H groups in total. The Morgan fingerprint density at radius 1 is 1.47 bits per heavy atom. The molecule has 0 saturated heterocycles. The Morgan fingerprint density at radius 3 is 2.93 bits per heavy atom. The van der Waals surface area contributed by atoms with E-state index >= 15 is 0 Å². The predicted molar refractivity (Wildman–Crippen MR) is 54.9 cm³/mol. The number of nitrogens with two attached hydrogens (primary N) is 1. The molecule has 0 amide bonds. The van der Waals surface area contributed by atoms with E-state index in [1.54, 1.807) is 18.3 Å². The first-order chi connectivity index (χ1) is 7.25. The van der Waals surface area contributed by atoms with Gasteiger partial charge in [0.15, 0.2) is 5.82 Å². The Bertz CT molecular complexity index is 407. The van der Waals surface area contributed by atoms with Gasteiger partial charge < -0.3 is 11.1 Å². The molecule has 0 aliphatic heterocycles. The van der Waals surface area contributed by atoms with Crippen molar-refractivity contribution in [1.82, 2.24) is 25.6 Å². The molecule has 0 spiro atoms. The number of H-pyrrole nitrogens is 1. The van der Waals surface area contributed by atoms with E-state index in [-0.39, 0.29) is 6.04 Å². The summed E-state index contributed by atoms with van der Waals surface area (Å²) in [6, 6.07) is 3.52. The fourth-order valence-electron chi connectivity index (χ4n) is 1.13. The van der Waals surface area contributed by atoms with Gasteiger partial charge in [-0.2, -0.15) is 5.21 Å². The van der Waals surface area contributed by atoms with Crippen LogP contribution in [0.2, 0.25) is 0 Å². The van der Waals surface area contributed by atoms with Crippen LogP contribution in [0.1, 0.15) is 18.8 Å². The Kier molecular flexibility index (Phi) is 2.44. The summed E-state index contributed by atoms with van der Waals surface area (Å²) in [7, 11) is 0. The average molecular weight is 205 g/mol. The van der Waals surface area contributed by atoms with Crippen LogP contribution in [0, 0.1) is 0 Å². The van der Waals surface area contributed by atoms with E-state index in [1.807, 2.05) is 6.92 Å². The minimum atomic E-state index is -0.0557. The Labute approximate surface area is 86.1 Å². The molecular weight excluding hydrogens is 194 g/mol. The van der Waals surface area contributed by atoms with Gasteiger partial charge in [-0.25, -0.2) is 4.98 Å². The molecule has 0 saturated carbocycles. The van der Waals surface area contributed by atoms with E-state index in [9.17, 15) is 0 Å². The lowest BCUT2D eigenvalue weighted by molar-refractivity contribution is 0.788. The second kappa shape index (κ2) is 3.91. The number of anilines is 2. The molecule has 1 unspecified atom stereocenters. The molecule has 0 aliphatic rings. The maximum atomic E-state index is 5.52. The fraction of sp³-hybridized carbons (Fsp3) is 0.250. The van der Waals surface area contributed by atoms with Crippen molar-refractivity contribution in [3.05, 3.63) is 24.2 Å². The molecule has 15 heavy (non-hydrogen) atoms. The van der Waals surface area contributed by atoms with Crippen molar-refractivity contribution >= 4 is 11.5 Å². The van der Waals surface area contributed by atoms with Gasteiger partial charge in [-0.15, -0.1) is 10.2 Å². The number of pyridine rings is 1. The summed E-state index contributed by atoms with van der Waals surface area (Å²) in [6.07, 6.45) is 1.59. The molecule has 78 valence electrons. The van der Waals surface area contributed by atoms with Crippen LogP contribution in [0.25, 0.3) is 0 Å². The molecule has 2 rings (SSSR count). The third-order valence-corrected chi connectivity index (χ3v) is 1.90. The topological polar surface area (TPSA) is 105 Å². The van der Waals surface area contributed by atoms with Gasteiger partial charge in [0, 0.05) is 0 Å². The van der Waals surface area contributed by atoms with Crippen LogP contribution in [0.15, 0.2) is 18.3 Å². The number of nitrogens with one attached hydrogen (secondary N) is 2. The molecule has 0 aliphatic carbocycles. The van der Waals surface area contributed by atoms with E-state index in [4.69, 9.17) is 5.73 Å². The van der Waals surface area contributed by atoms with Crippen LogP contribution in [0.3, 0.4) is 0 Å². The summed E-state index contributed by atoms with van der Waals surface area (Å²) < 4.78 is 0. The zero-order valence-corrected chi connectivity index (χ0v) is 8.18. The summed E-state index contributed by atoms with van der Waals surface area (Å²) >= 11 is 0. The SMILES string of the molecule is CC(Nc1ccc(N)cn1)c1nn[nH]n1. The highest BCUT2D eigenvalue weighted by Gasteiger charge is 2.09. The second-order valence-electron chi connectivity index (χ2n) is 3.11. The Morgan fingerprint density at radius 2 is 2.33 bits per heavy atom. The van der Waals surface area contributed by atoms with Crippen LogP contribution in [0.4, 0.5) is 11.5 Å². The molecule has 1 atom stereocenters. The highest BCUT2D eigenvalue weighted by atomic mass is 15.5. The maximum Gasteiger partial charge on any atom is 0.196 e. The van der Waals surface area contributed by atoms with Crippen LogP contribution < -0.4 is 11.1 Å². The van der Waals surface area contributed by atoms with Gasteiger partial charge in [0.25, 0.3) is 0 Å². The van der Waals surface area contributed by atoms with Crippen molar-refractivity contribution < 1.29 is 0 Å². The molecule has 2 aromatic heterocycles. The quantitative estimate of drug-likeness (QED) is 0.667. The normalized spacial score (nSPS) is 12.3. The van der Waals surface area contributed by atoms with E-state index in [2.05, 4.69) is 30.9 Å². The number of rotatable bonds is 3. The van der Waals surface area contributed by atoms with Crippen LogP contribution in [-0.4, -0.2) is 25.6 Å². The zero-order valence-electron chi connectivity index (χ0n) is 8.18. The van der Waals surface area contributed by atoms with Gasteiger partial charge in [0.05, 0.1) is 17.9 Å². The van der Waals surface area contributed by atoms with E-state index < -0.39 is 0 Å². The molecule has 2 heterocycles. The highest BCUT2D eigenvalue weighted by molar-refractivity contribution is 5.44. The number of nitrogens with zero attached hydrogens (tertiary/aromatic N) is 4. The van der Waals surface area contributed by atoms with Crippen molar-refractivity contribution in [3.8, 4) is 0 Å². The predicted octanol–water partition coefficient (Wildman–Crippen LogP) is 0.350. The Balaban J connectivity index is 2.06. The minimum Gasteiger partial charge on any atom is -0.397 e. The fourth-order valence-corrected chi connectivity index (χ4v) is 1.13. The third-order valence-electron chi connectivity index (χ3n) is 1.90. The van der Waals surface area contributed by atoms with E-state index in [0.717, 1.165) is 5.82 Å². The van der Waals surface area contributed by atoms with Crippen LogP contribution in [0.5, 0.6) is 0 Å². The first kappa shape index (κ1) is 9.38. The van der Waals surface area contributed by atoms with Crippen LogP contribution >= 0.6 is 0 Å². The highest BCUT2D eigenvalue weighted by Crippen LogP contribution is 2.13. The lowest BCUT2D eigenvalue weighted by atomic mass is 10.3. The summed E-state index contributed by atoms with van der Waals surface area (Å²) in [5, 5.41) is 16.7. The molecule has 2 aromatic rings. The molecule has 0 aromatic carbocycles. The number of nitrogen functional groups attached to an aromatic ring is 1. The lowest BCUT2D eigenvalue weighted by Gasteiger charge is -2.09. The van der Waals surface area contributed by atoms with Gasteiger partial charge in [0.2, 0.25) is 0 Å². The number of hydrogen-bond donors (Lipinski definition) is 3. The van der Waals surface area contributed by atoms with Crippen molar-refractivity contribution in [2.24, 2.45) is 0 Å². The number of aromatic amines is 1. The number of aromatic nitrogens is 5. The number of tetrazole rings is 1. The van der Waals surface area contributed by atoms with E-state index in [1.165, 1.54) is 0 Å². The molecule has 7 heteroatoms. The standard InChI is InChI=1S/C8H11N7/c1-5(8-12-14-15-13-8)11-7-3-2-6(9)4-10-7/h2-5H,9H2,1H3,(H,10,11)(H,12,13,14,15). The summed E-state index contributed by atoms with van der Waals surface area (Å²) in [6.45, 7) is 1.92.